The molecule has 1 aliphatic carbocycles. The molecule has 0 heterocycles. The second kappa shape index (κ2) is 8.36. The molecule has 1 atom stereocenters. The normalized spacial score (nSPS) is 14.7. The molecular weight excluding hydrogens is 325 g/mol. The quantitative estimate of drug-likeness (QED) is 0.826. The summed E-state index contributed by atoms with van der Waals surface area (Å²) in [5.74, 6) is -0.434. The predicted molar refractivity (Wildman–Crippen MR) is 89.0 cm³/mol. The van der Waals surface area contributed by atoms with Crippen LogP contribution in [0.3, 0.4) is 0 Å². The van der Waals surface area contributed by atoms with Gasteiger partial charge in [-0.05, 0) is 31.4 Å². The van der Waals surface area contributed by atoms with E-state index in [1.807, 2.05) is 36.1 Å². The van der Waals surface area contributed by atoms with E-state index in [-0.39, 0.29) is 49.4 Å². The third kappa shape index (κ3) is 4.60. The van der Waals surface area contributed by atoms with E-state index in [0.29, 0.717) is 5.02 Å². The van der Waals surface area contributed by atoms with Gasteiger partial charge in [0.25, 0.3) is 0 Å². The van der Waals surface area contributed by atoms with Crippen LogP contribution in [0.4, 0.5) is 0 Å². The molecule has 0 saturated heterocycles. The van der Waals surface area contributed by atoms with Crippen LogP contribution in [0.15, 0.2) is 24.3 Å². The summed E-state index contributed by atoms with van der Waals surface area (Å²) in [5.41, 5.74) is 6.14. The predicted octanol–water partition coefficient (Wildman–Crippen LogP) is 1.89. The smallest absolute Gasteiger partial charge is 0.242 e. The molecule has 0 radical (unpaired) electrons. The lowest BCUT2D eigenvalue weighted by atomic mass is 10.1. The molecule has 0 spiro atoms. The van der Waals surface area contributed by atoms with E-state index >= 15 is 0 Å². The Morgan fingerprint density at radius 3 is 2.59 bits per heavy atom. The Morgan fingerprint density at radius 1 is 1.41 bits per heavy atom. The van der Waals surface area contributed by atoms with Gasteiger partial charge < -0.3 is 16.0 Å². The Labute approximate surface area is 141 Å². The molecule has 0 aromatic heterocycles. The Hall–Kier alpha value is -1.30. The summed E-state index contributed by atoms with van der Waals surface area (Å²) in [6.45, 7) is 1.82. The summed E-state index contributed by atoms with van der Waals surface area (Å²) in [4.78, 5) is 25.4. The average molecular weight is 346 g/mol. The van der Waals surface area contributed by atoms with Gasteiger partial charge in [0.15, 0.2) is 0 Å². The summed E-state index contributed by atoms with van der Waals surface area (Å²) in [7, 11) is 0. The molecule has 1 aromatic carbocycles. The molecule has 0 aliphatic heterocycles. The fourth-order valence-corrected chi connectivity index (χ4v) is 2.68. The van der Waals surface area contributed by atoms with Crippen molar-refractivity contribution in [3.05, 3.63) is 34.9 Å². The van der Waals surface area contributed by atoms with Gasteiger partial charge in [-0.1, -0.05) is 29.8 Å². The first kappa shape index (κ1) is 18.7. The Morgan fingerprint density at radius 2 is 2.05 bits per heavy atom. The van der Waals surface area contributed by atoms with E-state index in [4.69, 9.17) is 17.3 Å². The highest BCUT2D eigenvalue weighted by atomic mass is 35.5. The monoisotopic (exact) mass is 345 g/mol. The highest BCUT2D eigenvalue weighted by molar-refractivity contribution is 6.31. The second-order valence-corrected chi connectivity index (χ2v) is 5.62. The number of benzene rings is 1. The number of carbonyl (C=O) groups excluding carboxylic acids is 2. The lowest BCUT2D eigenvalue weighted by Gasteiger charge is -2.30. The molecule has 122 valence electrons. The van der Waals surface area contributed by atoms with Gasteiger partial charge in [-0.25, -0.2) is 0 Å². The molecule has 5 nitrogen and oxygen atoms in total. The summed E-state index contributed by atoms with van der Waals surface area (Å²) in [5, 5.41) is 3.18. The molecule has 1 aromatic rings. The SMILES string of the molecule is CC(c1ccccc1Cl)N(C(=O)CNC(=O)CN)C1CC1.Cl. The number of amides is 2. The lowest BCUT2D eigenvalue weighted by Crippen LogP contribution is -2.44. The van der Waals surface area contributed by atoms with Crippen LogP contribution in [0, 0.1) is 0 Å². The number of rotatable bonds is 6. The lowest BCUT2D eigenvalue weighted by molar-refractivity contribution is -0.135. The summed E-state index contributed by atoms with van der Waals surface area (Å²) < 4.78 is 0. The van der Waals surface area contributed by atoms with Gasteiger partial charge in [0.1, 0.15) is 0 Å². The molecule has 22 heavy (non-hydrogen) atoms. The highest BCUT2D eigenvalue weighted by Gasteiger charge is 2.36. The van der Waals surface area contributed by atoms with Crippen molar-refractivity contribution in [2.45, 2.75) is 31.8 Å². The molecule has 0 bridgehead atoms. The van der Waals surface area contributed by atoms with Gasteiger partial charge in [0.2, 0.25) is 11.8 Å². The number of carbonyl (C=O) groups is 2. The maximum absolute atomic E-state index is 12.4. The van der Waals surface area contributed by atoms with Gasteiger partial charge in [-0.3, -0.25) is 9.59 Å². The van der Waals surface area contributed by atoms with Crippen LogP contribution in [-0.4, -0.2) is 35.8 Å². The first-order valence-electron chi connectivity index (χ1n) is 7.07. The van der Waals surface area contributed by atoms with Crippen molar-refractivity contribution in [1.82, 2.24) is 10.2 Å². The van der Waals surface area contributed by atoms with Crippen LogP contribution >= 0.6 is 24.0 Å². The standard InChI is InChI=1S/C15H20ClN3O2.ClH/c1-10(12-4-2-3-5-13(12)16)19(11-6-7-11)15(21)9-18-14(20)8-17;/h2-5,10-11H,6-9,17H2,1H3,(H,18,20);1H. The number of nitrogens with two attached hydrogens (primary N) is 1. The van der Waals surface area contributed by atoms with E-state index in [1.54, 1.807) is 0 Å². The zero-order valence-electron chi connectivity index (χ0n) is 12.4. The van der Waals surface area contributed by atoms with Gasteiger partial charge in [-0.15, -0.1) is 12.4 Å². The maximum Gasteiger partial charge on any atom is 0.242 e. The second-order valence-electron chi connectivity index (χ2n) is 5.21. The third-order valence-electron chi connectivity index (χ3n) is 3.62. The number of nitrogens with one attached hydrogen (secondary N) is 1. The Balaban J connectivity index is 0.00000242. The zero-order chi connectivity index (χ0) is 15.4. The largest absolute Gasteiger partial charge is 0.346 e. The van der Waals surface area contributed by atoms with Gasteiger partial charge in [0, 0.05) is 11.1 Å². The first-order valence-corrected chi connectivity index (χ1v) is 7.44. The van der Waals surface area contributed by atoms with Crippen molar-refractivity contribution in [3.63, 3.8) is 0 Å². The fraction of sp³-hybridized carbons (Fsp3) is 0.467. The number of nitrogens with zero attached hydrogens (tertiary/aromatic N) is 1. The number of halogens is 2. The molecule has 1 aliphatic rings. The van der Waals surface area contributed by atoms with Crippen LogP contribution in [-0.2, 0) is 9.59 Å². The van der Waals surface area contributed by atoms with Gasteiger partial charge >= 0.3 is 0 Å². The van der Waals surface area contributed by atoms with Gasteiger partial charge in [0.05, 0.1) is 19.1 Å². The van der Waals surface area contributed by atoms with E-state index in [9.17, 15) is 9.59 Å². The minimum absolute atomic E-state index is 0. The minimum Gasteiger partial charge on any atom is -0.346 e. The highest BCUT2D eigenvalue weighted by Crippen LogP contribution is 2.36. The van der Waals surface area contributed by atoms with E-state index in [0.717, 1.165) is 18.4 Å². The zero-order valence-corrected chi connectivity index (χ0v) is 14.0. The summed E-state index contributed by atoms with van der Waals surface area (Å²) >= 11 is 6.22. The summed E-state index contributed by atoms with van der Waals surface area (Å²) in [6.07, 6.45) is 1.98. The maximum atomic E-state index is 12.4. The first-order chi connectivity index (χ1) is 10.0. The Kier molecular flexibility index (Phi) is 7.13. The molecule has 7 heteroatoms. The number of hydrogen-bond acceptors (Lipinski definition) is 3. The molecule has 1 fully saturated rings. The van der Waals surface area contributed by atoms with Crippen LogP contribution in [0.5, 0.6) is 0 Å². The van der Waals surface area contributed by atoms with Crippen LogP contribution in [0.25, 0.3) is 0 Å². The van der Waals surface area contributed by atoms with E-state index in [2.05, 4.69) is 5.32 Å². The van der Waals surface area contributed by atoms with E-state index < -0.39 is 0 Å². The molecule has 1 unspecified atom stereocenters. The van der Waals surface area contributed by atoms with Gasteiger partial charge in [-0.2, -0.15) is 0 Å². The van der Waals surface area contributed by atoms with Crippen molar-refractivity contribution < 1.29 is 9.59 Å². The summed E-state index contributed by atoms with van der Waals surface area (Å²) in [6, 6.07) is 7.63. The third-order valence-corrected chi connectivity index (χ3v) is 3.97. The molecule has 2 rings (SSSR count). The van der Waals surface area contributed by atoms with Crippen molar-refractivity contribution in [2.24, 2.45) is 5.73 Å². The fourth-order valence-electron chi connectivity index (χ4n) is 2.39. The van der Waals surface area contributed by atoms with Crippen LogP contribution in [0.2, 0.25) is 5.02 Å². The van der Waals surface area contributed by atoms with Crippen molar-refractivity contribution in [2.75, 3.05) is 13.1 Å². The topological polar surface area (TPSA) is 75.4 Å². The van der Waals surface area contributed by atoms with Crippen molar-refractivity contribution in [1.29, 1.82) is 0 Å². The minimum atomic E-state index is -0.329. The number of hydrogen-bond donors (Lipinski definition) is 2. The van der Waals surface area contributed by atoms with E-state index in [1.165, 1.54) is 0 Å². The van der Waals surface area contributed by atoms with Crippen LogP contribution in [0.1, 0.15) is 31.4 Å². The molecule has 2 amide bonds. The molecule has 3 N–H and O–H groups in total. The van der Waals surface area contributed by atoms with Crippen LogP contribution < -0.4 is 11.1 Å². The average Bonchev–Trinajstić information content (AvgIpc) is 3.30. The van der Waals surface area contributed by atoms with Crippen molar-refractivity contribution >= 4 is 35.8 Å². The Bertz CT molecular complexity index is 535. The van der Waals surface area contributed by atoms with Crippen molar-refractivity contribution in [3.8, 4) is 0 Å². The molecule has 1 saturated carbocycles. The molecular formula is C15H21Cl2N3O2.